The Kier molecular flexibility index (Phi) is 4.28. The highest BCUT2D eigenvalue weighted by Crippen LogP contribution is 2.14. The Bertz CT molecular complexity index is 438. The average molecular weight is 251 g/mol. The fourth-order valence-corrected chi connectivity index (χ4v) is 2.29. The van der Waals surface area contributed by atoms with Gasteiger partial charge in [0.15, 0.2) is 0 Å². The summed E-state index contributed by atoms with van der Waals surface area (Å²) in [5.74, 6) is 1.40. The second-order valence-corrected chi connectivity index (χ2v) is 5.01. The van der Waals surface area contributed by atoms with Gasteiger partial charge in [-0.1, -0.05) is 6.07 Å². The molecule has 2 aromatic heterocycles. The van der Waals surface area contributed by atoms with Crippen molar-refractivity contribution in [1.29, 1.82) is 0 Å². The Balaban J connectivity index is 1.81. The molecule has 0 aliphatic rings. The van der Waals surface area contributed by atoms with Crippen molar-refractivity contribution in [3.05, 3.63) is 34.2 Å². The first-order valence-corrected chi connectivity index (χ1v) is 6.69. The smallest absolute Gasteiger partial charge is 0.233 e. The Morgan fingerprint density at radius 3 is 3.00 bits per heavy atom. The van der Waals surface area contributed by atoms with Gasteiger partial charge >= 0.3 is 0 Å². The summed E-state index contributed by atoms with van der Waals surface area (Å²) in [7, 11) is 1.88. The molecule has 1 atom stereocenters. The molecular weight excluding hydrogens is 234 g/mol. The third kappa shape index (κ3) is 3.38. The number of rotatable bonds is 6. The molecule has 4 nitrogen and oxygen atoms in total. The molecule has 0 fully saturated rings. The molecule has 0 aliphatic carbocycles. The van der Waals surface area contributed by atoms with Crippen molar-refractivity contribution in [2.75, 3.05) is 7.05 Å². The van der Waals surface area contributed by atoms with E-state index in [1.54, 1.807) is 11.3 Å². The van der Waals surface area contributed by atoms with Crippen molar-refractivity contribution in [3.8, 4) is 0 Å². The van der Waals surface area contributed by atoms with Crippen LogP contribution in [0.25, 0.3) is 0 Å². The summed E-state index contributed by atoms with van der Waals surface area (Å²) in [5.41, 5.74) is 0. The molecule has 0 aliphatic heterocycles. The van der Waals surface area contributed by atoms with Gasteiger partial charge in [-0.05, 0) is 38.3 Å². The summed E-state index contributed by atoms with van der Waals surface area (Å²) in [6, 6.07) is 4.36. The number of aryl methyl sites for hydroxylation is 2. The molecule has 5 heteroatoms. The molecule has 0 bridgehead atoms. The normalized spacial score (nSPS) is 12.8. The van der Waals surface area contributed by atoms with E-state index in [0.717, 1.165) is 25.2 Å². The molecule has 0 amide bonds. The second kappa shape index (κ2) is 5.93. The third-order valence-corrected chi connectivity index (χ3v) is 3.62. The van der Waals surface area contributed by atoms with E-state index < -0.39 is 0 Å². The monoisotopic (exact) mass is 251 g/mol. The zero-order chi connectivity index (χ0) is 12.1. The van der Waals surface area contributed by atoms with Crippen molar-refractivity contribution in [1.82, 2.24) is 15.5 Å². The number of thiophene rings is 1. The van der Waals surface area contributed by atoms with Gasteiger partial charge in [0, 0.05) is 11.3 Å². The highest BCUT2D eigenvalue weighted by molar-refractivity contribution is 7.09. The summed E-state index contributed by atoms with van der Waals surface area (Å²) in [6.07, 6.45) is 2.98. The highest BCUT2D eigenvalue weighted by Gasteiger charge is 2.11. The molecular formula is C12H17N3OS. The summed E-state index contributed by atoms with van der Waals surface area (Å²) in [6.45, 7) is 2.00. The first kappa shape index (κ1) is 12.3. The van der Waals surface area contributed by atoms with Gasteiger partial charge < -0.3 is 9.73 Å². The minimum absolute atomic E-state index is 0.119. The summed E-state index contributed by atoms with van der Waals surface area (Å²) in [5, 5.41) is 13.3. The molecule has 1 N–H and O–H groups in total. The van der Waals surface area contributed by atoms with Gasteiger partial charge in [-0.2, -0.15) is 0 Å². The first-order valence-electron chi connectivity index (χ1n) is 5.81. The van der Waals surface area contributed by atoms with Crippen LogP contribution in [0.1, 0.15) is 36.0 Å². The Labute approximate surface area is 105 Å². The zero-order valence-corrected chi connectivity index (χ0v) is 11.0. The van der Waals surface area contributed by atoms with Gasteiger partial charge in [-0.3, -0.25) is 0 Å². The van der Waals surface area contributed by atoms with Gasteiger partial charge in [-0.25, -0.2) is 0 Å². The van der Waals surface area contributed by atoms with Crippen LogP contribution in [0.15, 0.2) is 21.9 Å². The second-order valence-electron chi connectivity index (χ2n) is 3.98. The predicted molar refractivity (Wildman–Crippen MR) is 68.1 cm³/mol. The fraction of sp³-hybridized carbons (Fsp3) is 0.500. The van der Waals surface area contributed by atoms with E-state index >= 15 is 0 Å². The average Bonchev–Trinajstić information content (AvgIpc) is 2.99. The lowest BCUT2D eigenvalue weighted by atomic mass is 10.2. The van der Waals surface area contributed by atoms with Gasteiger partial charge in [0.2, 0.25) is 11.8 Å². The molecule has 0 radical (unpaired) electrons. The highest BCUT2D eigenvalue weighted by atomic mass is 32.1. The van der Waals surface area contributed by atoms with Crippen molar-refractivity contribution >= 4 is 11.3 Å². The maximum Gasteiger partial charge on any atom is 0.233 e. The van der Waals surface area contributed by atoms with E-state index in [4.69, 9.17) is 4.42 Å². The molecule has 0 spiro atoms. The summed E-state index contributed by atoms with van der Waals surface area (Å²) >= 11 is 1.80. The molecule has 0 saturated carbocycles. The number of aromatic nitrogens is 2. The maximum atomic E-state index is 5.57. The Hall–Kier alpha value is -1.20. The minimum atomic E-state index is 0.119. The van der Waals surface area contributed by atoms with Crippen LogP contribution in [-0.4, -0.2) is 17.2 Å². The van der Waals surface area contributed by atoms with Crippen molar-refractivity contribution in [3.63, 3.8) is 0 Å². The lowest BCUT2D eigenvalue weighted by Gasteiger charge is -2.02. The maximum absolute atomic E-state index is 5.57. The number of nitrogens with zero attached hydrogens (tertiary/aromatic N) is 2. The predicted octanol–water partition coefficient (Wildman–Crippen LogP) is 2.59. The molecule has 17 heavy (non-hydrogen) atoms. The largest absolute Gasteiger partial charge is 0.424 e. The third-order valence-electron chi connectivity index (χ3n) is 2.68. The quantitative estimate of drug-likeness (QED) is 0.857. The topological polar surface area (TPSA) is 51.0 Å². The van der Waals surface area contributed by atoms with E-state index in [-0.39, 0.29) is 6.04 Å². The van der Waals surface area contributed by atoms with E-state index in [2.05, 4.69) is 33.0 Å². The lowest BCUT2D eigenvalue weighted by Crippen LogP contribution is -2.12. The standard InChI is InChI=1S/C12H17N3OS/c1-9(13-2)12-15-14-11(16-12)7-3-5-10-6-4-8-17-10/h4,6,8-9,13H,3,5,7H2,1-2H3. The van der Waals surface area contributed by atoms with Crippen LogP contribution in [-0.2, 0) is 12.8 Å². The first-order chi connectivity index (χ1) is 8.29. The molecule has 2 heterocycles. The van der Waals surface area contributed by atoms with Crippen molar-refractivity contribution in [2.45, 2.75) is 32.2 Å². The fourth-order valence-electron chi connectivity index (χ4n) is 1.53. The van der Waals surface area contributed by atoms with E-state index in [1.165, 1.54) is 4.88 Å². The summed E-state index contributed by atoms with van der Waals surface area (Å²) in [4.78, 5) is 1.41. The molecule has 2 aromatic rings. The van der Waals surface area contributed by atoms with E-state index in [9.17, 15) is 0 Å². The van der Waals surface area contributed by atoms with E-state index in [0.29, 0.717) is 5.89 Å². The number of hydrogen-bond acceptors (Lipinski definition) is 5. The summed E-state index contributed by atoms with van der Waals surface area (Å²) < 4.78 is 5.57. The molecule has 1 unspecified atom stereocenters. The Morgan fingerprint density at radius 1 is 1.41 bits per heavy atom. The zero-order valence-electron chi connectivity index (χ0n) is 10.1. The number of nitrogens with one attached hydrogen (secondary N) is 1. The van der Waals surface area contributed by atoms with Crippen LogP contribution < -0.4 is 5.32 Å². The van der Waals surface area contributed by atoms with Crippen LogP contribution in [0, 0.1) is 0 Å². The minimum Gasteiger partial charge on any atom is -0.424 e. The van der Waals surface area contributed by atoms with Gasteiger partial charge in [0.1, 0.15) is 0 Å². The lowest BCUT2D eigenvalue weighted by molar-refractivity contribution is 0.402. The Morgan fingerprint density at radius 2 is 2.29 bits per heavy atom. The van der Waals surface area contributed by atoms with Crippen LogP contribution in [0.5, 0.6) is 0 Å². The van der Waals surface area contributed by atoms with Gasteiger partial charge in [0.05, 0.1) is 6.04 Å². The van der Waals surface area contributed by atoms with Crippen LogP contribution in [0.3, 0.4) is 0 Å². The van der Waals surface area contributed by atoms with Gasteiger partial charge in [-0.15, -0.1) is 21.5 Å². The van der Waals surface area contributed by atoms with Crippen LogP contribution >= 0.6 is 11.3 Å². The van der Waals surface area contributed by atoms with Crippen molar-refractivity contribution < 1.29 is 4.42 Å². The molecule has 0 saturated heterocycles. The van der Waals surface area contributed by atoms with Crippen molar-refractivity contribution in [2.24, 2.45) is 0 Å². The SMILES string of the molecule is CNC(C)c1nnc(CCCc2cccs2)o1. The van der Waals surface area contributed by atoms with E-state index in [1.807, 2.05) is 14.0 Å². The van der Waals surface area contributed by atoms with Gasteiger partial charge in [0.25, 0.3) is 0 Å². The van der Waals surface area contributed by atoms with Crippen LogP contribution in [0.4, 0.5) is 0 Å². The number of hydrogen-bond donors (Lipinski definition) is 1. The molecule has 2 rings (SSSR count). The molecule has 0 aromatic carbocycles. The molecule has 92 valence electrons. The van der Waals surface area contributed by atoms with Crippen LogP contribution in [0.2, 0.25) is 0 Å².